The lowest BCUT2D eigenvalue weighted by Gasteiger charge is -2.06. The Morgan fingerprint density at radius 2 is 2.03 bits per heavy atom. The summed E-state index contributed by atoms with van der Waals surface area (Å²) < 4.78 is 16.4. The van der Waals surface area contributed by atoms with Crippen LogP contribution < -0.4 is 10.1 Å². The fourth-order valence-corrected chi connectivity index (χ4v) is 2.93. The van der Waals surface area contributed by atoms with Gasteiger partial charge in [0.25, 0.3) is 0 Å². The number of nitrogens with zero attached hydrogens (tertiary/aromatic N) is 4. The van der Waals surface area contributed by atoms with Gasteiger partial charge in [-0.15, -0.1) is 5.10 Å². The second-order valence-corrected chi connectivity index (χ2v) is 6.73. The number of nitrogens with one attached hydrogen (secondary N) is 1. The van der Waals surface area contributed by atoms with Crippen molar-refractivity contribution >= 4 is 40.7 Å². The third-order valence-corrected chi connectivity index (χ3v) is 4.53. The fraction of sp³-hybridized carbons (Fsp3) is 0.222. The monoisotopic (exact) mass is 453 g/mol. The Balaban J connectivity index is 1.51. The number of ether oxygens (including phenoxy) is 2. The van der Waals surface area contributed by atoms with Crippen LogP contribution in [0.2, 0.25) is 15.1 Å². The zero-order valence-corrected chi connectivity index (χ0v) is 17.1. The minimum absolute atomic E-state index is 0.0816. The van der Waals surface area contributed by atoms with Crippen molar-refractivity contribution < 1.29 is 13.9 Å². The summed E-state index contributed by atoms with van der Waals surface area (Å²) in [4.78, 5) is 4.14. The van der Waals surface area contributed by atoms with Gasteiger partial charge in [-0.05, 0) is 18.2 Å². The van der Waals surface area contributed by atoms with Gasteiger partial charge in [0.05, 0.1) is 28.8 Å². The molecule has 8 nitrogen and oxygen atoms in total. The number of nitriles is 1. The van der Waals surface area contributed by atoms with Crippen molar-refractivity contribution in [3.8, 4) is 23.4 Å². The number of benzene rings is 1. The zero-order chi connectivity index (χ0) is 20.6. The molecule has 0 saturated carbocycles. The van der Waals surface area contributed by atoms with E-state index in [-0.39, 0.29) is 27.5 Å². The van der Waals surface area contributed by atoms with Crippen molar-refractivity contribution in [2.75, 3.05) is 31.7 Å². The highest BCUT2D eigenvalue weighted by Gasteiger charge is 2.18. The van der Waals surface area contributed by atoms with E-state index in [0.29, 0.717) is 42.8 Å². The van der Waals surface area contributed by atoms with Gasteiger partial charge in [-0.25, -0.2) is 0 Å². The Bertz CT molecular complexity index is 1010. The van der Waals surface area contributed by atoms with Crippen LogP contribution in [0.25, 0.3) is 11.5 Å². The molecule has 0 aliphatic rings. The van der Waals surface area contributed by atoms with Crippen LogP contribution >= 0.6 is 34.8 Å². The lowest BCUT2D eigenvalue weighted by molar-refractivity contribution is 0.105. The molecule has 0 radical (unpaired) electrons. The van der Waals surface area contributed by atoms with Gasteiger partial charge in [0.1, 0.15) is 12.7 Å². The maximum absolute atomic E-state index is 9.28. The van der Waals surface area contributed by atoms with Crippen molar-refractivity contribution in [1.29, 1.82) is 5.26 Å². The van der Waals surface area contributed by atoms with E-state index in [2.05, 4.69) is 20.5 Å². The van der Waals surface area contributed by atoms with Gasteiger partial charge in [0.2, 0.25) is 23.3 Å². The summed E-state index contributed by atoms with van der Waals surface area (Å²) in [5.74, 6) is 0.771. The summed E-state index contributed by atoms with van der Waals surface area (Å²) in [7, 11) is 0. The highest BCUT2D eigenvalue weighted by atomic mass is 35.5. The summed E-state index contributed by atoms with van der Waals surface area (Å²) in [6, 6.07) is 8.47. The van der Waals surface area contributed by atoms with Gasteiger partial charge in [-0.2, -0.15) is 15.3 Å². The summed E-state index contributed by atoms with van der Waals surface area (Å²) in [6.45, 7) is 1.44. The van der Waals surface area contributed by atoms with E-state index in [1.165, 1.54) is 6.07 Å². The molecule has 150 valence electrons. The van der Waals surface area contributed by atoms with E-state index in [9.17, 15) is 5.26 Å². The first kappa shape index (κ1) is 21.1. The molecule has 3 aromatic rings. The number of hydrogen-bond donors (Lipinski definition) is 1. The fourth-order valence-electron chi connectivity index (χ4n) is 2.25. The van der Waals surface area contributed by atoms with Gasteiger partial charge < -0.3 is 19.2 Å². The molecule has 0 unspecified atom stereocenters. The van der Waals surface area contributed by atoms with E-state index in [1.807, 2.05) is 6.07 Å². The van der Waals surface area contributed by atoms with Crippen molar-refractivity contribution in [1.82, 2.24) is 15.2 Å². The molecule has 0 spiro atoms. The lowest BCUT2D eigenvalue weighted by atomic mass is 10.2. The second kappa shape index (κ2) is 10.3. The maximum Gasteiger partial charge on any atom is 0.233 e. The molecule has 0 aliphatic heterocycles. The van der Waals surface area contributed by atoms with Gasteiger partial charge in [0, 0.05) is 23.8 Å². The minimum Gasteiger partial charge on any atom is -0.474 e. The van der Waals surface area contributed by atoms with Crippen molar-refractivity contribution in [2.24, 2.45) is 0 Å². The standard InChI is InChI=1S/C18H14Cl3N5O3/c19-11-8-12(16(21)13(20)9-11)17-25-14(10-22)18(29-17)23-4-5-27-6-7-28-15-2-1-3-24-26-15/h1-3,8-9,23H,4-7H2. The molecule has 11 heteroatoms. The van der Waals surface area contributed by atoms with Crippen LogP contribution in [0.5, 0.6) is 5.88 Å². The molecule has 0 bridgehead atoms. The van der Waals surface area contributed by atoms with Crippen LogP contribution in [0, 0.1) is 11.3 Å². The smallest absolute Gasteiger partial charge is 0.233 e. The first-order valence-corrected chi connectivity index (χ1v) is 9.50. The average Bonchev–Trinajstić information content (AvgIpc) is 3.13. The van der Waals surface area contributed by atoms with E-state index < -0.39 is 0 Å². The summed E-state index contributed by atoms with van der Waals surface area (Å²) in [6.07, 6.45) is 1.56. The molecular weight excluding hydrogens is 441 g/mol. The summed E-state index contributed by atoms with van der Waals surface area (Å²) >= 11 is 18.2. The average molecular weight is 455 g/mol. The Kier molecular flexibility index (Phi) is 7.49. The van der Waals surface area contributed by atoms with Crippen LogP contribution in [-0.2, 0) is 4.74 Å². The molecule has 1 aromatic carbocycles. The van der Waals surface area contributed by atoms with Gasteiger partial charge in [-0.3, -0.25) is 0 Å². The van der Waals surface area contributed by atoms with E-state index >= 15 is 0 Å². The van der Waals surface area contributed by atoms with Crippen LogP contribution in [0.15, 0.2) is 34.9 Å². The molecule has 0 saturated heterocycles. The SMILES string of the molecule is N#Cc1nc(-c2cc(Cl)cc(Cl)c2Cl)oc1NCCOCCOc1cccnn1. The number of hydrogen-bond acceptors (Lipinski definition) is 8. The van der Waals surface area contributed by atoms with Gasteiger partial charge in [0.15, 0.2) is 0 Å². The van der Waals surface area contributed by atoms with E-state index in [4.69, 9.17) is 48.7 Å². The summed E-state index contributed by atoms with van der Waals surface area (Å²) in [5, 5.41) is 20.6. The highest BCUT2D eigenvalue weighted by molar-refractivity contribution is 6.44. The number of oxazole rings is 1. The van der Waals surface area contributed by atoms with Gasteiger partial charge >= 0.3 is 0 Å². The Hall–Kier alpha value is -2.57. The largest absolute Gasteiger partial charge is 0.474 e. The molecule has 2 heterocycles. The highest BCUT2D eigenvalue weighted by Crippen LogP contribution is 2.37. The van der Waals surface area contributed by atoms with Crippen LogP contribution in [-0.4, -0.2) is 41.5 Å². The Labute approximate surface area is 181 Å². The molecule has 2 aromatic heterocycles. The number of anilines is 1. The van der Waals surface area contributed by atoms with E-state index in [0.717, 1.165) is 0 Å². The zero-order valence-electron chi connectivity index (χ0n) is 14.9. The Morgan fingerprint density at radius 1 is 1.17 bits per heavy atom. The molecule has 0 aliphatic carbocycles. The van der Waals surface area contributed by atoms with Crippen molar-refractivity contribution in [2.45, 2.75) is 0 Å². The first-order valence-electron chi connectivity index (χ1n) is 8.36. The maximum atomic E-state index is 9.28. The van der Waals surface area contributed by atoms with Gasteiger partial charge in [-0.1, -0.05) is 34.8 Å². The molecular formula is C18H14Cl3N5O3. The lowest BCUT2D eigenvalue weighted by Crippen LogP contribution is -2.14. The molecule has 3 rings (SSSR count). The molecule has 0 atom stereocenters. The van der Waals surface area contributed by atoms with E-state index in [1.54, 1.807) is 24.4 Å². The predicted molar refractivity (Wildman–Crippen MR) is 109 cm³/mol. The third kappa shape index (κ3) is 5.71. The minimum atomic E-state index is 0.0816. The van der Waals surface area contributed by atoms with Crippen LogP contribution in [0.3, 0.4) is 0 Å². The predicted octanol–water partition coefficient (Wildman–Crippen LogP) is 4.47. The molecule has 0 fully saturated rings. The van der Waals surface area contributed by atoms with Crippen LogP contribution in [0.4, 0.5) is 5.88 Å². The second-order valence-electron chi connectivity index (χ2n) is 5.51. The van der Waals surface area contributed by atoms with Crippen LogP contribution in [0.1, 0.15) is 5.69 Å². The first-order chi connectivity index (χ1) is 14.1. The summed E-state index contributed by atoms with van der Waals surface area (Å²) in [5.41, 5.74) is 0.476. The Morgan fingerprint density at radius 3 is 2.79 bits per heavy atom. The number of halogens is 3. The van der Waals surface area contributed by atoms with Crippen molar-refractivity contribution in [3.63, 3.8) is 0 Å². The molecule has 29 heavy (non-hydrogen) atoms. The molecule has 0 amide bonds. The third-order valence-electron chi connectivity index (χ3n) is 3.51. The number of aromatic nitrogens is 3. The number of rotatable bonds is 9. The van der Waals surface area contributed by atoms with Crippen molar-refractivity contribution in [3.05, 3.63) is 51.2 Å². The normalized spacial score (nSPS) is 10.6. The molecule has 1 N–H and O–H groups in total. The topological polar surface area (TPSA) is 106 Å². The quantitative estimate of drug-likeness (QED) is 0.373.